The highest BCUT2D eigenvalue weighted by Gasteiger charge is 2.13. The minimum Gasteiger partial charge on any atom is -0.454 e. The van der Waals surface area contributed by atoms with Gasteiger partial charge in [-0.15, -0.1) is 0 Å². The molecule has 92 valence electrons. The topological polar surface area (TPSA) is 60.1 Å². The molecule has 1 aliphatic heterocycles. The van der Waals surface area contributed by atoms with Crippen LogP contribution in [0.2, 0.25) is 0 Å². The molecule has 0 amide bonds. The maximum atomic E-state index is 5.70. The van der Waals surface area contributed by atoms with Crippen molar-refractivity contribution in [3.63, 3.8) is 0 Å². The molecule has 1 aromatic carbocycles. The van der Waals surface area contributed by atoms with Crippen molar-refractivity contribution in [3.05, 3.63) is 23.8 Å². The number of nitrogens with zero attached hydrogens (tertiary/aromatic N) is 2. The fourth-order valence-electron chi connectivity index (χ4n) is 1.68. The van der Waals surface area contributed by atoms with Crippen molar-refractivity contribution in [3.8, 4) is 11.5 Å². The van der Waals surface area contributed by atoms with Gasteiger partial charge in [-0.1, -0.05) is 6.07 Å². The van der Waals surface area contributed by atoms with Crippen molar-refractivity contribution in [2.45, 2.75) is 6.42 Å². The van der Waals surface area contributed by atoms with Crippen molar-refractivity contribution in [1.82, 2.24) is 4.90 Å². The largest absolute Gasteiger partial charge is 0.454 e. The number of fused-ring (bicyclic) bond motifs is 1. The molecule has 0 saturated carbocycles. The van der Waals surface area contributed by atoms with E-state index in [4.69, 9.17) is 15.2 Å². The summed E-state index contributed by atoms with van der Waals surface area (Å²) in [5.41, 5.74) is 6.90. The molecule has 0 atom stereocenters. The molecule has 5 heteroatoms. The van der Waals surface area contributed by atoms with Crippen LogP contribution >= 0.6 is 0 Å². The summed E-state index contributed by atoms with van der Waals surface area (Å²) in [6, 6.07) is 5.99. The average Bonchev–Trinajstić information content (AvgIpc) is 2.82. The van der Waals surface area contributed by atoms with Crippen LogP contribution in [0.25, 0.3) is 0 Å². The number of guanidine groups is 1. The van der Waals surface area contributed by atoms with E-state index in [1.807, 2.05) is 30.1 Å². The lowest BCUT2D eigenvalue weighted by Crippen LogP contribution is -2.35. The SMILES string of the molecule is CN=C(N)N(C)CCc1ccc2c(c1)OCO2. The normalized spacial score (nSPS) is 13.9. The highest BCUT2D eigenvalue weighted by molar-refractivity contribution is 5.77. The molecular weight excluding hydrogens is 218 g/mol. The second kappa shape index (κ2) is 4.95. The summed E-state index contributed by atoms with van der Waals surface area (Å²) in [6.07, 6.45) is 0.892. The molecule has 0 aliphatic carbocycles. The van der Waals surface area contributed by atoms with Gasteiger partial charge in [0, 0.05) is 20.6 Å². The van der Waals surface area contributed by atoms with Crippen LogP contribution in [0.15, 0.2) is 23.2 Å². The number of ether oxygens (including phenoxy) is 2. The van der Waals surface area contributed by atoms with Crippen LogP contribution in [-0.4, -0.2) is 38.3 Å². The first kappa shape index (κ1) is 11.6. The summed E-state index contributed by atoms with van der Waals surface area (Å²) in [5, 5.41) is 0. The van der Waals surface area contributed by atoms with Gasteiger partial charge in [-0.3, -0.25) is 4.99 Å². The Labute approximate surface area is 101 Å². The van der Waals surface area contributed by atoms with E-state index in [9.17, 15) is 0 Å². The summed E-state index contributed by atoms with van der Waals surface area (Å²) in [5.74, 6) is 2.18. The lowest BCUT2D eigenvalue weighted by molar-refractivity contribution is 0.174. The van der Waals surface area contributed by atoms with Crippen LogP contribution in [0.5, 0.6) is 11.5 Å². The summed E-state index contributed by atoms with van der Waals surface area (Å²) in [7, 11) is 3.61. The van der Waals surface area contributed by atoms with Crippen LogP contribution in [0.4, 0.5) is 0 Å². The lowest BCUT2D eigenvalue weighted by Gasteiger charge is -2.17. The first-order valence-corrected chi connectivity index (χ1v) is 5.52. The van der Waals surface area contributed by atoms with E-state index in [2.05, 4.69) is 4.99 Å². The maximum absolute atomic E-state index is 5.70. The van der Waals surface area contributed by atoms with Crippen molar-refractivity contribution in [2.75, 3.05) is 27.4 Å². The molecule has 5 nitrogen and oxygen atoms in total. The predicted molar refractivity (Wildman–Crippen MR) is 66.4 cm³/mol. The van der Waals surface area contributed by atoms with Gasteiger partial charge in [-0.25, -0.2) is 0 Å². The predicted octanol–water partition coefficient (Wildman–Crippen LogP) is 0.834. The van der Waals surface area contributed by atoms with Crippen LogP contribution < -0.4 is 15.2 Å². The zero-order chi connectivity index (χ0) is 12.3. The lowest BCUT2D eigenvalue weighted by atomic mass is 10.1. The van der Waals surface area contributed by atoms with Crippen LogP contribution in [-0.2, 0) is 6.42 Å². The Morgan fingerprint density at radius 3 is 2.94 bits per heavy atom. The van der Waals surface area contributed by atoms with Gasteiger partial charge in [-0.2, -0.15) is 0 Å². The van der Waals surface area contributed by atoms with Gasteiger partial charge in [0.1, 0.15) is 0 Å². The smallest absolute Gasteiger partial charge is 0.231 e. The molecule has 1 aromatic rings. The quantitative estimate of drug-likeness (QED) is 0.623. The molecule has 0 spiro atoms. The fraction of sp³-hybridized carbons (Fsp3) is 0.417. The maximum Gasteiger partial charge on any atom is 0.231 e. The van der Waals surface area contributed by atoms with Gasteiger partial charge < -0.3 is 20.1 Å². The third-order valence-corrected chi connectivity index (χ3v) is 2.79. The number of hydrogen-bond acceptors (Lipinski definition) is 3. The molecule has 1 aliphatic rings. The van der Waals surface area contributed by atoms with E-state index in [0.717, 1.165) is 24.5 Å². The van der Waals surface area contributed by atoms with Crippen molar-refractivity contribution in [2.24, 2.45) is 10.7 Å². The molecule has 0 aromatic heterocycles. The molecule has 17 heavy (non-hydrogen) atoms. The van der Waals surface area contributed by atoms with E-state index in [-0.39, 0.29) is 0 Å². The third-order valence-electron chi connectivity index (χ3n) is 2.79. The van der Waals surface area contributed by atoms with Gasteiger partial charge in [-0.05, 0) is 24.1 Å². The first-order chi connectivity index (χ1) is 8.20. The van der Waals surface area contributed by atoms with Gasteiger partial charge in [0.25, 0.3) is 0 Å². The van der Waals surface area contributed by atoms with E-state index < -0.39 is 0 Å². The Hall–Kier alpha value is -1.91. The van der Waals surface area contributed by atoms with Gasteiger partial charge in [0.05, 0.1) is 0 Å². The van der Waals surface area contributed by atoms with Crippen molar-refractivity contribution < 1.29 is 9.47 Å². The molecule has 2 N–H and O–H groups in total. The Balaban J connectivity index is 1.96. The number of hydrogen-bond donors (Lipinski definition) is 1. The molecule has 0 radical (unpaired) electrons. The van der Waals surface area contributed by atoms with Crippen LogP contribution in [0, 0.1) is 0 Å². The molecule has 2 rings (SSSR count). The highest BCUT2D eigenvalue weighted by Crippen LogP contribution is 2.32. The highest BCUT2D eigenvalue weighted by atomic mass is 16.7. The Bertz CT molecular complexity index is 432. The van der Waals surface area contributed by atoms with E-state index in [1.165, 1.54) is 5.56 Å². The monoisotopic (exact) mass is 235 g/mol. The minimum atomic E-state index is 0.314. The summed E-state index contributed by atoms with van der Waals surface area (Å²) in [6.45, 7) is 1.14. The van der Waals surface area contributed by atoms with Gasteiger partial charge >= 0.3 is 0 Å². The molecule has 0 unspecified atom stereocenters. The second-order valence-corrected chi connectivity index (χ2v) is 3.94. The third kappa shape index (κ3) is 2.61. The number of nitrogens with two attached hydrogens (primary N) is 1. The zero-order valence-electron chi connectivity index (χ0n) is 10.1. The Morgan fingerprint density at radius 1 is 1.41 bits per heavy atom. The average molecular weight is 235 g/mol. The number of likely N-dealkylation sites (N-methyl/N-ethyl adjacent to an activating group) is 1. The number of rotatable bonds is 3. The summed E-state index contributed by atoms with van der Waals surface area (Å²) < 4.78 is 10.6. The van der Waals surface area contributed by atoms with E-state index in [1.54, 1.807) is 7.05 Å². The summed E-state index contributed by atoms with van der Waals surface area (Å²) >= 11 is 0. The summed E-state index contributed by atoms with van der Waals surface area (Å²) in [4.78, 5) is 5.86. The zero-order valence-corrected chi connectivity index (χ0v) is 10.1. The molecule has 0 fully saturated rings. The standard InChI is InChI=1S/C12H17N3O2/c1-14-12(13)15(2)6-5-9-3-4-10-11(7-9)17-8-16-10/h3-4,7H,5-6,8H2,1-2H3,(H2,13,14). The van der Waals surface area contributed by atoms with Crippen LogP contribution in [0.3, 0.4) is 0 Å². The molecular formula is C12H17N3O2. The number of aliphatic imine (C=N–C) groups is 1. The van der Waals surface area contributed by atoms with Gasteiger partial charge in [0.15, 0.2) is 17.5 Å². The number of benzene rings is 1. The molecule has 0 bridgehead atoms. The van der Waals surface area contributed by atoms with Crippen molar-refractivity contribution in [1.29, 1.82) is 0 Å². The fourth-order valence-corrected chi connectivity index (χ4v) is 1.68. The Kier molecular flexibility index (Phi) is 3.37. The van der Waals surface area contributed by atoms with E-state index in [0.29, 0.717) is 12.8 Å². The van der Waals surface area contributed by atoms with Crippen molar-refractivity contribution >= 4 is 5.96 Å². The van der Waals surface area contributed by atoms with Gasteiger partial charge in [0.2, 0.25) is 6.79 Å². The van der Waals surface area contributed by atoms with Crippen LogP contribution in [0.1, 0.15) is 5.56 Å². The first-order valence-electron chi connectivity index (χ1n) is 5.52. The molecule has 1 heterocycles. The van der Waals surface area contributed by atoms with E-state index >= 15 is 0 Å². The molecule has 0 saturated heterocycles. The second-order valence-electron chi connectivity index (χ2n) is 3.94. The minimum absolute atomic E-state index is 0.314. The Morgan fingerprint density at radius 2 is 2.18 bits per heavy atom.